The molecule has 4 rings (SSSR count). The second kappa shape index (κ2) is 9.10. The molecule has 0 spiro atoms. The number of sulfone groups is 1. The molecule has 1 fully saturated rings. The molecule has 1 aliphatic heterocycles. The molecule has 33 heavy (non-hydrogen) atoms. The first-order valence-electron chi connectivity index (χ1n) is 10.8. The Hall–Kier alpha value is -2.39. The van der Waals surface area contributed by atoms with Crippen molar-refractivity contribution in [3.05, 3.63) is 58.6 Å². The summed E-state index contributed by atoms with van der Waals surface area (Å²) in [6.45, 7) is 2.56. The summed E-state index contributed by atoms with van der Waals surface area (Å²) in [5.74, 6) is -2.62. The van der Waals surface area contributed by atoms with Crippen LogP contribution < -0.4 is 15.4 Å². The molecule has 0 bridgehead atoms. The van der Waals surface area contributed by atoms with Crippen molar-refractivity contribution in [3.8, 4) is 5.75 Å². The monoisotopic (exact) mass is 498 g/mol. The van der Waals surface area contributed by atoms with Gasteiger partial charge in [0, 0.05) is 24.0 Å². The lowest BCUT2D eigenvalue weighted by atomic mass is 9.69. The van der Waals surface area contributed by atoms with Gasteiger partial charge in [-0.05, 0) is 68.5 Å². The quantitative estimate of drug-likeness (QED) is 0.639. The van der Waals surface area contributed by atoms with E-state index >= 15 is 4.39 Å². The summed E-state index contributed by atoms with van der Waals surface area (Å²) in [6, 6.07) is 7.29. The number of benzene rings is 2. The average molecular weight is 499 g/mol. The summed E-state index contributed by atoms with van der Waals surface area (Å²) >= 11 is 5.95. The van der Waals surface area contributed by atoms with Crippen LogP contribution in [0.25, 0.3) is 0 Å². The summed E-state index contributed by atoms with van der Waals surface area (Å²) in [5.41, 5.74) is -0.246. The Labute approximate surface area is 196 Å². The summed E-state index contributed by atoms with van der Waals surface area (Å²) in [4.78, 5) is 11.8. The largest absolute Gasteiger partial charge is 0.490 e. The van der Waals surface area contributed by atoms with Crippen molar-refractivity contribution >= 4 is 27.5 Å². The van der Waals surface area contributed by atoms with Crippen LogP contribution in [0.3, 0.4) is 0 Å². The fourth-order valence-electron chi connectivity index (χ4n) is 5.08. The molecule has 2 N–H and O–H groups in total. The highest BCUT2D eigenvalue weighted by Crippen LogP contribution is 2.57. The van der Waals surface area contributed by atoms with Crippen LogP contribution in [-0.2, 0) is 14.6 Å². The highest BCUT2D eigenvalue weighted by Gasteiger charge is 2.59. The molecule has 0 unspecified atom stereocenters. The lowest BCUT2D eigenvalue weighted by Crippen LogP contribution is -2.53. The summed E-state index contributed by atoms with van der Waals surface area (Å²) in [7, 11) is -4.16. The molecule has 0 saturated heterocycles. The highest BCUT2D eigenvalue weighted by molar-refractivity contribution is 7.92. The van der Waals surface area contributed by atoms with Gasteiger partial charge in [-0.3, -0.25) is 0 Å². The third-order valence-corrected chi connectivity index (χ3v) is 9.45. The predicted molar refractivity (Wildman–Crippen MR) is 120 cm³/mol. The van der Waals surface area contributed by atoms with Crippen molar-refractivity contribution in [1.82, 2.24) is 10.6 Å². The van der Waals surface area contributed by atoms with Crippen LogP contribution >= 0.6 is 11.6 Å². The number of halogens is 3. The molecule has 2 aromatic carbocycles. The first-order chi connectivity index (χ1) is 15.7. The van der Waals surface area contributed by atoms with E-state index in [1.165, 1.54) is 24.3 Å². The zero-order chi connectivity index (χ0) is 23.8. The van der Waals surface area contributed by atoms with Gasteiger partial charge in [0.2, 0.25) is 0 Å². The fourth-order valence-corrected chi connectivity index (χ4v) is 7.56. The van der Waals surface area contributed by atoms with Crippen molar-refractivity contribution in [1.29, 1.82) is 0 Å². The number of nitrogens with one attached hydrogen (secondary N) is 2. The number of hydrogen-bond donors (Lipinski definition) is 2. The topological polar surface area (TPSA) is 84.5 Å². The van der Waals surface area contributed by atoms with Crippen molar-refractivity contribution in [2.75, 3.05) is 19.7 Å². The lowest BCUT2D eigenvalue weighted by Gasteiger charge is -2.49. The third kappa shape index (κ3) is 4.05. The van der Waals surface area contributed by atoms with Crippen LogP contribution in [0.15, 0.2) is 41.3 Å². The van der Waals surface area contributed by atoms with Crippen molar-refractivity contribution in [2.45, 2.75) is 35.8 Å². The Bertz CT molecular complexity index is 1160. The van der Waals surface area contributed by atoms with Gasteiger partial charge in [-0.25, -0.2) is 22.0 Å². The van der Waals surface area contributed by atoms with E-state index in [-0.39, 0.29) is 41.2 Å². The van der Waals surface area contributed by atoms with Gasteiger partial charge < -0.3 is 15.4 Å². The molecule has 2 amide bonds. The molecule has 1 heterocycles. The van der Waals surface area contributed by atoms with Crippen LogP contribution in [0, 0.1) is 23.5 Å². The molecule has 2 aliphatic rings. The maximum Gasteiger partial charge on any atom is 0.314 e. The molecule has 0 radical (unpaired) electrons. The smallest absolute Gasteiger partial charge is 0.314 e. The highest BCUT2D eigenvalue weighted by atomic mass is 35.5. The Kier molecular flexibility index (Phi) is 6.55. The van der Waals surface area contributed by atoms with Crippen molar-refractivity contribution < 1.29 is 26.7 Å². The van der Waals surface area contributed by atoms with E-state index < -0.39 is 32.1 Å². The van der Waals surface area contributed by atoms with Crippen LogP contribution in [0.5, 0.6) is 5.75 Å². The molecule has 1 aliphatic carbocycles. The molecule has 3 atom stereocenters. The van der Waals surface area contributed by atoms with Gasteiger partial charge in [-0.1, -0.05) is 11.6 Å². The standard InChI is InChI=1S/C23H25ClF2N2O4S/c1-2-27-22(29)28-12-14-9-10-23(33(30,31)17-5-3-16(24)4-6-17)15(11-14)13-32-21-19(26)8-7-18(25)20(21)23/h3-8,14-15H,2,9-13H2,1H3,(H2,27,28,29)/t14-,15-,23+/m1/s1. The minimum absolute atomic E-state index is 0.00712. The van der Waals surface area contributed by atoms with Gasteiger partial charge in [0.05, 0.1) is 17.1 Å². The van der Waals surface area contributed by atoms with Crippen LogP contribution in [0.4, 0.5) is 13.6 Å². The van der Waals surface area contributed by atoms with Gasteiger partial charge in [-0.2, -0.15) is 0 Å². The lowest BCUT2D eigenvalue weighted by molar-refractivity contribution is 0.0982. The maximum atomic E-state index is 15.2. The first-order valence-corrected chi connectivity index (χ1v) is 12.7. The minimum Gasteiger partial charge on any atom is -0.490 e. The van der Waals surface area contributed by atoms with Crippen LogP contribution in [-0.4, -0.2) is 34.1 Å². The molecule has 178 valence electrons. The number of carbonyl (C=O) groups is 1. The number of carbonyl (C=O) groups excluding carboxylic acids is 1. The zero-order valence-corrected chi connectivity index (χ0v) is 19.6. The Morgan fingerprint density at radius 1 is 1.15 bits per heavy atom. The van der Waals surface area contributed by atoms with E-state index in [2.05, 4.69) is 10.6 Å². The molecule has 6 nitrogen and oxygen atoms in total. The van der Waals surface area contributed by atoms with E-state index in [1.807, 2.05) is 0 Å². The van der Waals surface area contributed by atoms with E-state index in [4.69, 9.17) is 16.3 Å². The molecule has 0 aromatic heterocycles. The van der Waals surface area contributed by atoms with E-state index in [1.54, 1.807) is 6.92 Å². The van der Waals surface area contributed by atoms with Gasteiger partial charge in [-0.15, -0.1) is 0 Å². The second-order valence-corrected chi connectivity index (χ2v) is 11.1. The third-order valence-electron chi connectivity index (χ3n) is 6.60. The number of urea groups is 1. The predicted octanol–water partition coefficient (Wildman–Crippen LogP) is 4.42. The number of ether oxygens (including phenoxy) is 1. The minimum atomic E-state index is -4.16. The summed E-state index contributed by atoms with van der Waals surface area (Å²) < 4.78 is 61.9. The van der Waals surface area contributed by atoms with E-state index in [9.17, 15) is 17.6 Å². The molecular weight excluding hydrogens is 474 g/mol. The average Bonchev–Trinajstić information content (AvgIpc) is 2.79. The molecule has 1 saturated carbocycles. The van der Waals surface area contributed by atoms with Crippen molar-refractivity contribution in [2.24, 2.45) is 11.8 Å². The van der Waals surface area contributed by atoms with Crippen LogP contribution in [0.2, 0.25) is 5.02 Å². The molecule has 10 heteroatoms. The SMILES string of the molecule is CCNC(=O)NC[C@@H]1CC[C@@]2(S(=O)(=O)c3ccc(Cl)cc3)c3c(F)ccc(F)c3OC[C@H]2C1. The number of hydrogen-bond acceptors (Lipinski definition) is 4. The number of amides is 2. The van der Waals surface area contributed by atoms with Crippen LogP contribution in [0.1, 0.15) is 31.7 Å². The van der Waals surface area contributed by atoms with Gasteiger partial charge in [0.15, 0.2) is 21.4 Å². The summed E-state index contributed by atoms with van der Waals surface area (Å²) in [6.07, 6.45) is 0.848. The number of rotatable bonds is 5. The molecular formula is C23H25ClF2N2O4S. The van der Waals surface area contributed by atoms with E-state index in [0.717, 1.165) is 12.1 Å². The van der Waals surface area contributed by atoms with Gasteiger partial charge >= 0.3 is 6.03 Å². The second-order valence-electron chi connectivity index (χ2n) is 8.47. The maximum absolute atomic E-state index is 15.2. The Morgan fingerprint density at radius 3 is 2.55 bits per heavy atom. The van der Waals surface area contributed by atoms with E-state index in [0.29, 0.717) is 31.0 Å². The Morgan fingerprint density at radius 2 is 1.85 bits per heavy atom. The molecule has 2 aromatic rings. The van der Waals surface area contributed by atoms with Gasteiger partial charge in [0.1, 0.15) is 10.6 Å². The summed E-state index contributed by atoms with van der Waals surface area (Å²) in [5, 5.41) is 5.81. The first kappa shape index (κ1) is 23.8. The normalized spacial score (nSPS) is 24.2. The fraction of sp³-hybridized carbons (Fsp3) is 0.435. The Balaban J connectivity index is 1.78. The van der Waals surface area contributed by atoms with Crippen molar-refractivity contribution in [3.63, 3.8) is 0 Å². The van der Waals surface area contributed by atoms with Gasteiger partial charge in [0.25, 0.3) is 0 Å². The zero-order valence-electron chi connectivity index (χ0n) is 18.0. The number of fused-ring (bicyclic) bond motifs is 3.